The highest BCUT2D eigenvalue weighted by molar-refractivity contribution is 7.98. The van der Waals surface area contributed by atoms with Crippen LogP contribution in [0.15, 0.2) is 18.2 Å². The number of amides is 1. The number of hydrogen-bond donors (Lipinski definition) is 1. The summed E-state index contributed by atoms with van der Waals surface area (Å²) in [5, 5.41) is 9.17. The largest absolute Gasteiger partial charge is 0.508 e. The first-order valence-corrected chi connectivity index (χ1v) is 8.00. The van der Waals surface area contributed by atoms with Crippen LogP contribution in [-0.2, 0) is 0 Å². The molecule has 1 saturated heterocycles. The van der Waals surface area contributed by atoms with Gasteiger partial charge in [0.05, 0.1) is 5.56 Å². The van der Waals surface area contributed by atoms with Crippen molar-refractivity contribution < 1.29 is 14.3 Å². The van der Waals surface area contributed by atoms with Gasteiger partial charge >= 0.3 is 0 Å². The summed E-state index contributed by atoms with van der Waals surface area (Å²) in [5.41, 5.74) is 0.0281. The molecule has 0 unspecified atom stereocenters. The molecule has 1 aliphatic heterocycles. The topological polar surface area (TPSA) is 43.8 Å². The SMILES string of the molecule is CSCCN1CCN(C(=O)c2ccc(O)cc2F)CC1. The van der Waals surface area contributed by atoms with Gasteiger partial charge in [-0.25, -0.2) is 4.39 Å². The lowest BCUT2D eigenvalue weighted by atomic mass is 10.1. The summed E-state index contributed by atoms with van der Waals surface area (Å²) in [5.74, 6) is -0.0478. The Morgan fingerprint density at radius 3 is 2.65 bits per heavy atom. The van der Waals surface area contributed by atoms with Crippen molar-refractivity contribution in [3.8, 4) is 5.75 Å². The van der Waals surface area contributed by atoms with Crippen LogP contribution in [0.4, 0.5) is 4.39 Å². The van der Waals surface area contributed by atoms with Crippen molar-refractivity contribution >= 4 is 17.7 Å². The van der Waals surface area contributed by atoms with Crippen LogP contribution in [-0.4, -0.2) is 65.5 Å². The van der Waals surface area contributed by atoms with Crippen LogP contribution >= 0.6 is 11.8 Å². The van der Waals surface area contributed by atoms with Gasteiger partial charge in [0.25, 0.3) is 5.91 Å². The molecule has 1 N–H and O–H groups in total. The van der Waals surface area contributed by atoms with Crippen LogP contribution in [0.3, 0.4) is 0 Å². The number of piperazine rings is 1. The van der Waals surface area contributed by atoms with Crippen LogP contribution in [0, 0.1) is 5.82 Å². The average Bonchev–Trinajstić information content (AvgIpc) is 2.45. The molecule has 0 radical (unpaired) electrons. The first kappa shape index (κ1) is 15.1. The third-order valence-electron chi connectivity index (χ3n) is 3.45. The van der Waals surface area contributed by atoms with E-state index in [-0.39, 0.29) is 17.2 Å². The number of benzene rings is 1. The third-order valence-corrected chi connectivity index (χ3v) is 4.05. The van der Waals surface area contributed by atoms with Crippen LogP contribution in [0.1, 0.15) is 10.4 Å². The molecule has 0 saturated carbocycles. The normalized spacial score (nSPS) is 16.4. The molecular weight excluding hydrogens is 279 g/mol. The summed E-state index contributed by atoms with van der Waals surface area (Å²) in [6.07, 6.45) is 2.08. The highest BCUT2D eigenvalue weighted by atomic mass is 32.2. The number of hydrogen-bond acceptors (Lipinski definition) is 4. The molecule has 1 fully saturated rings. The first-order valence-electron chi connectivity index (χ1n) is 6.61. The zero-order chi connectivity index (χ0) is 14.5. The Balaban J connectivity index is 1.94. The number of halogens is 1. The van der Waals surface area contributed by atoms with Crippen molar-refractivity contribution in [2.45, 2.75) is 0 Å². The standard InChI is InChI=1S/C14H19FN2O2S/c1-20-9-8-16-4-6-17(7-5-16)14(19)12-3-2-11(18)10-13(12)15/h2-3,10,18H,4-9H2,1H3. The van der Waals surface area contributed by atoms with Gasteiger partial charge in [-0.15, -0.1) is 0 Å². The maximum Gasteiger partial charge on any atom is 0.256 e. The number of phenols is 1. The summed E-state index contributed by atoms with van der Waals surface area (Å²) in [4.78, 5) is 16.2. The second kappa shape index (κ2) is 6.95. The molecule has 1 heterocycles. The van der Waals surface area contributed by atoms with Crippen LogP contribution in [0.2, 0.25) is 0 Å². The zero-order valence-corrected chi connectivity index (χ0v) is 12.3. The molecule has 0 spiro atoms. The zero-order valence-electron chi connectivity index (χ0n) is 11.5. The molecular formula is C14H19FN2O2S. The van der Waals surface area contributed by atoms with E-state index >= 15 is 0 Å². The van der Waals surface area contributed by atoms with Crippen LogP contribution in [0.25, 0.3) is 0 Å². The molecule has 2 rings (SSSR count). The molecule has 4 nitrogen and oxygen atoms in total. The fourth-order valence-electron chi connectivity index (χ4n) is 2.24. The summed E-state index contributed by atoms with van der Waals surface area (Å²) in [6, 6.07) is 3.65. The Labute approximate surface area is 122 Å². The number of aromatic hydroxyl groups is 1. The molecule has 0 atom stereocenters. The van der Waals surface area contributed by atoms with E-state index in [9.17, 15) is 14.3 Å². The number of phenolic OH excluding ortho intramolecular Hbond substituents is 1. The van der Waals surface area contributed by atoms with Gasteiger partial charge in [-0.1, -0.05) is 0 Å². The number of carbonyl (C=O) groups excluding carboxylic acids is 1. The number of thioether (sulfide) groups is 1. The number of carbonyl (C=O) groups is 1. The van der Waals surface area contributed by atoms with Crippen LogP contribution in [0.5, 0.6) is 5.75 Å². The molecule has 1 amide bonds. The lowest BCUT2D eigenvalue weighted by Gasteiger charge is -2.34. The molecule has 6 heteroatoms. The Hall–Kier alpha value is -1.27. The molecule has 1 aromatic rings. The van der Waals surface area contributed by atoms with Gasteiger partial charge < -0.3 is 10.0 Å². The quantitative estimate of drug-likeness (QED) is 0.918. The summed E-state index contributed by atoms with van der Waals surface area (Å²) in [7, 11) is 0. The fourth-order valence-corrected chi connectivity index (χ4v) is 2.68. The molecule has 0 aromatic heterocycles. The lowest BCUT2D eigenvalue weighted by molar-refractivity contribution is 0.0640. The van der Waals surface area contributed by atoms with E-state index in [4.69, 9.17) is 0 Å². The van der Waals surface area contributed by atoms with Crippen LogP contribution < -0.4 is 0 Å². The van der Waals surface area contributed by atoms with Gasteiger partial charge in [0.2, 0.25) is 0 Å². The van der Waals surface area contributed by atoms with E-state index in [0.29, 0.717) is 13.1 Å². The smallest absolute Gasteiger partial charge is 0.256 e. The van der Waals surface area contributed by atoms with E-state index in [2.05, 4.69) is 11.2 Å². The fraction of sp³-hybridized carbons (Fsp3) is 0.500. The third kappa shape index (κ3) is 3.64. The minimum Gasteiger partial charge on any atom is -0.508 e. The second-order valence-electron chi connectivity index (χ2n) is 4.79. The van der Waals surface area contributed by atoms with Crippen molar-refractivity contribution in [2.24, 2.45) is 0 Å². The monoisotopic (exact) mass is 298 g/mol. The van der Waals surface area contributed by atoms with E-state index < -0.39 is 5.82 Å². The summed E-state index contributed by atoms with van der Waals surface area (Å²) < 4.78 is 13.7. The Morgan fingerprint density at radius 2 is 2.05 bits per heavy atom. The van der Waals surface area contributed by atoms with Crippen molar-refractivity contribution in [3.05, 3.63) is 29.6 Å². The molecule has 1 aliphatic rings. The van der Waals surface area contributed by atoms with Gasteiger partial charge in [-0.2, -0.15) is 11.8 Å². The van der Waals surface area contributed by atoms with E-state index in [0.717, 1.165) is 31.5 Å². The minimum absolute atomic E-state index is 0.0281. The van der Waals surface area contributed by atoms with E-state index in [1.807, 2.05) is 11.8 Å². The van der Waals surface area contributed by atoms with Crippen molar-refractivity contribution in [2.75, 3.05) is 44.7 Å². The van der Waals surface area contributed by atoms with Crippen molar-refractivity contribution in [1.29, 1.82) is 0 Å². The second-order valence-corrected chi connectivity index (χ2v) is 5.78. The Morgan fingerprint density at radius 1 is 1.35 bits per heavy atom. The number of rotatable bonds is 4. The Bertz CT molecular complexity index is 476. The molecule has 110 valence electrons. The molecule has 0 aliphatic carbocycles. The maximum absolute atomic E-state index is 13.7. The molecule has 20 heavy (non-hydrogen) atoms. The minimum atomic E-state index is -0.667. The highest BCUT2D eigenvalue weighted by Gasteiger charge is 2.23. The van der Waals surface area contributed by atoms with Gasteiger partial charge in [-0.05, 0) is 18.4 Å². The average molecular weight is 298 g/mol. The summed E-state index contributed by atoms with van der Waals surface area (Å²) >= 11 is 1.81. The predicted octanol–water partition coefficient (Wildman–Crippen LogP) is 1.65. The van der Waals surface area contributed by atoms with Gasteiger partial charge in [0, 0.05) is 44.5 Å². The highest BCUT2D eigenvalue weighted by Crippen LogP contribution is 2.17. The molecule has 0 bridgehead atoms. The maximum atomic E-state index is 13.7. The van der Waals surface area contributed by atoms with E-state index in [1.165, 1.54) is 12.1 Å². The van der Waals surface area contributed by atoms with E-state index in [1.54, 1.807) is 4.90 Å². The van der Waals surface area contributed by atoms with Gasteiger partial charge in [0.15, 0.2) is 0 Å². The Kier molecular flexibility index (Phi) is 5.25. The van der Waals surface area contributed by atoms with Gasteiger partial charge in [0.1, 0.15) is 11.6 Å². The summed E-state index contributed by atoms with van der Waals surface area (Å²) in [6.45, 7) is 3.91. The predicted molar refractivity (Wildman–Crippen MR) is 78.8 cm³/mol. The van der Waals surface area contributed by atoms with Crippen molar-refractivity contribution in [1.82, 2.24) is 9.80 Å². The first-order chi connectivity index (χ1) is 9.61. The number of nitrogens with zero attached hydrogens (tertiary/aromatic N) is 2. The van der Waals surface area contributed by atoms with Crippen molar-refractivity contribution in [3.63, 3.8) is 0 Å². The molecule has 1 aromatic carbocycles. The lowest BCUT2D eigenvalue weighted by Crippen LogP contribution is -2.49. The van der Waals surface area contributed by atoms with Gasteiger partial charge in [-0.3, -0.25) is 9.69 Å².